The molecule has 0 radical (unpaired) electrons. The molecule has 1 aromatic heterocycles. The number of benzene rings is 1. The van der Waals surface area contributed by atoms with Crippen LogP contribution in [0.1, 0.15) is 6.92 Å². The molecule has 0 aliphatic heterocycles. The zero-order chi connectivity index (χ0) is 16.1. The average Bonchev–Trinajstić information content (AvgIpc) is 2.49. The molecule has 5 nitrogen and oxygen atoms in total. The van der Waals surface area contributed by atoms with Gasteiger partial charge in [0.05, 0.1) is 17.5 Å². The first-order valence-corrected chi connectivity index (χ1v) is 8.44. The molecule has 1 aromatic carbocycles. The summed E-state index contributed by atoms with van der Waals surface area (Å²) in [6, 6.07) is 5.30. The highest BCUT2D eigenvalue weighted by Gasteiger charge is 2.15. The highest BCUT2D eigenvalue weighted by molar-refractivity contribution is 9.10. The smallest absolute Gasteiger partial charge is 0.326 e. The Balaban J connectivity index is 2.57. The van der Waals surface area contributed by atoms with Crippen LogP contribution in [0.3, 0.4) is 0 Å². The van der Waals surface area contributed by atoms with Crippen molar-refractivity contribution in [2.24, 2.45) is 0 Å². The fourth-order valence-electron chi connectivity index (χ4n) is 1.89. The lowest BCUT2D eigenvalue weighted by atomic mass is 10.2. The number of hydrogen-bond acceptors (Lipinski definition) is 5. The fourth-order valence-corrected chi connectivity index (χ4v) is 2.99. The van der Waals surface area contributed by atoms with E-state index in [1.165, 1.54) is 16.3 Å². The van der Waals surface area contributed by atoms with Crippen molar-refractivity contribution in [2.75, 3.05) is 12.4 Å². The van der Waals surface area contributed by atoms with Gasteiger partial charge in [0.15, 0.2) is 5.16 Å². The van der Waals surface area contributed by atoms with Crippen molar-refractivity contribution in [2.45, 2.75) is 18.6 Å². The van der Waals surface area contributed by atoms with Crippen LogP contribution < -0.4 is 5.56 Å². The Kier molecular flexibility index (Phi) is 5.79. The maximum atomic E-state index is 12.7. The molecule has 0 saturated heterocycles. The van der Waals surface area contributed by atoms with Gasteiger partial charge >= 0.3 is 5.97 Å². The van der Waals surface area contributed by atoms with E-state index in [1.54, 1.807) is 25.1 Å². The molecule has 0 N–H and O–H groups in total. The Labute approximate surface area is 140 Å². The molecule has 0 amide bonds. The third-order valence-electron chi connectivity index (χ3n) is 2.80. The Morgan fingerprint density at radius 2 is 2.32 bits per heavy atom. The quantitative estimate of drug-likeness (QED) is 0.332. The number of halogens is 1. The molecule has 0 aliphatic rings. The van der Waals surface area contributed by atoms with Crippen LogP contribution in [0.2, 0.25) is 0 Å². The van der Waals surface area contributed by atoms with Gasteiger partial charge in [0.25, 0.3) is 5.56 Å². The van der Waals surface area contributed by atoms with Gasteiger partial charge in [0.2, 0.25) is 0 Å². The summed E-state index contributed by atoms with van der Waals surface area (Å²) in [5.41, 5.74) is 0.339. The molecule has 0 saturated carbocycles. The number of thioether (sulfide) groups is 1. The van der Waals surface area contributed by atoms with E-state index in [9.17, 15) is 9.59 Å². The van der Waals surface area contributed by atoms with Gasteiger partial charge in [-0.15, -0.1) is 6.58 Å². The summed E-state index contributed by atoms with van der Waals surface area (Å²) in [5, 5.41) is 0.939. The number of fused-ring (bicyclic) bond motifs is 1. The predicted octanol–water partition coefficient (Wildman–Crippen LogP) is 3.00. The van der Waals surface area contributed by atoms with Crippen molar-refractivity contribution < 1.29 is 9.53 Å². The minimum Gasteiger partial charge on any atom is -0.465 e. The molecule has 2 aromatic rings. The third kappa shape index (κ3) is 3.78. The summed E-state index contributed by atoms with van der Waals surface area (Å²) in [6.07, 6.45) is 1.72. The third-order valence-corrected chi connectivity index (χ3v) is 4.27. The van der Waals surface area contributed by atoms with Gasteiger partial charge in [-0.1, -0.05) is 33.8 Å². The van der Waals surface area contributed by atoms with Gasteiger partial charge in [0.1, 0.15) is 6.54 Å². The van der Waals surface area contributed by atoms with Crippen molar-refractivity contribution >= 4 is 44.6 Å². The molecule has 0 atom stereocenters. The number of hydrogen-bond donors (Lipinski definition) is 0. The number of aromatic nitrogens is 2. The van der Waals surface area contributed by atoms with E-state index in [0.29, 0.717) is 21.8 Å². The van der Waals surface area contributed by atoms with Gasteiger partial charge in [-0.25, -0.2) is 4.98 Å². The number of carbonyl (C=O) groups is 1. The normalized spacial score (nSPS) is 10.6. The topological polar surface area (TPSA) is 61.2 Å². The highest BCUT2D eigenvalue weighted by Crippen LogP contribution is 2.20. The molecular weight excluding hydrogens is 368 g/mol. The molecule has 2 rings (SSSR count). The number of rotatable bonds is 6. The number of esters is 1. The molecule has 116 valence electrons. The van der Waals surface area contributed by atoms with Crippen molar-refractivity contribution in [3.8, 4) is 0 Å². The van der Waals surface area contributed by atoms with Gasteiger partial charge in [-0.05, 0) is 25.1 Å². The molecule has 0 fully saturated rings. The second-order valence-electron chi connectivity index (χ2n) is 4.35. The van der Waals surface area contributed by atoms with Gasteiger partial charge < -0.3 is 4.74 Å². The first-order chi connectivity index (χ1) is 10.6. The molecule has 0 aliphatic carbocycles. The van der Waals surface area contributed by atoms with E-state index >= 15 is 0 Å². The Morgan fingerprint density at radius 3 is 3.00 bits per heavy atom. The Hall–Kier alpha value is -1.60. The van der Waals surface area contributed by atoms with Crippen LogP contribution in [0.15, 0.2) is 45.3 Å². The SMILES string of the molecule is C=CCSc1nc2ccc(Br)cc2c(=O)n1CC(=O)OCC. The second kappa shape index (κ2) is 7.60. The van der Waals surface area contributed by atoms with E-state index in [0.717, 1.165) is 4.47 Å². The lowest BCUT2D eigenvalue weighted by molar-refractivity contribution is -0.144. The van der Waals surface area contributed by atoms with Crippen molar-refractivity contribution in [3.05, 3.63) is 45.7 Å². The fraction of sp³-hybridized carbons (Fsp3) is 0.267. The lowest BCUT2D eigenvalue weighted by Gasteiger charge is -2.12. The van der Waals surface area contributed by atoms with Gasteiger partial charge in [0, 0.05) is 10.2 Å². The summed E-state index contributed by atoms with van der Waals surface area (Å²) in [4.78, 5) is 28.9. The van der Waals surface area contributed by atoms with Crippen molar-refractivity contribution in [1.82, 2.24) is 9.55 Å². The maximum Gasteiger partial charge on any atom is 0.326 e. The number of ether oxygens (including phenoxy) is 1. The summed E-state index contributed by atoms with van der Waals surface area (Å²) in [5.74, 6) is 0.137. The van der Waals surface area contributed by atoms with Gasteiger partial charge in [-0.3, -0.25) is 14.2 Å². The highest BCUT2D eigenvalue weighted by atomic mass is 79.9. The van der Waals surface area contributed by atoms with Crippen LogP contribution in [0.5, 0.6) is 0 Å². The maximum absolute atomic E-state index is 12.7. The number of nitrogens with zero attached hydrogens (tertiary/aromatic N) is 2. The minimum absolute atomic E-state index is 0.151. The molecular formula is C15H15BrN2O3S. The van der Waals surface area contributed by atoms with Crippen LogP contribution in [0.4, 0.5) is 0 Å². The zero-order valence-electron chi connectivity index (χ0n) is 12.0. The van der Waals surface area contributed by atoms with Gasteiger partial charge in [-0.2, -0.15) is 0 Å². The van der Waals surface area contributed by atoms with Crippen molar-refractivity contribution in [3.63, 3.8) is 0 Å². The Morgan fingerprint density at radius 1 is 1.55 bits per heavy atom. The van der Waals surface area contributed by atoms with E-state index < -0.39 is 5.97 Å². The van der Waals surface area contributed by atoms with Crippen LogP contribution in [-0.2, 0) is 16.1 Å². The van der Waals surface area contributed by atoms with E-state index in [-0.39, 0.29) is 18.7 Å². The van der Waals surface area contributed by atoms with Crippen LogP contribution in [-0.4, -0.2) is 27.9 Å². The molecule has 22 heavy (non-hydrogen) atoms. The average molecular weight is 383 g/mol. The lowest BCUT2D eigenvalue weighted by Crippen LogP contribution is -2.28. The van der Waals surface area contributed by atoms with E-state index in [4.69, 9.17) is 4.74 Å². The molecule has 7 heteroatoms. The minimum atomic E-state index is -0.457. The predicted molar refractivity (Wildman–Crippen MR) is 91.3 cm³/mol. The Bertz CT molecular complexity index is 773. The zero-order valence-corrected chi connectivity index (χ0v) is 14.4. The molecule has 1 heterocycles. The summed E-state index contributed by atoms with van der Waals surface area (Å²) in [6.45, 7) is 5.51. The van der Waals surface area contributed by atoms with Crippen LogP contribution in [0, 0.1) is 0 Å². The first-order valence-electron chi connectivity index (χ1n) is 6.66. The number of carbonyl (C=O) groups excluding carboxylic acids is 1. The standard InChI is InChI=1S/C15H15BrN2O3S/c1-3-7-22-15-17-12-6-5-10(16)8-11(12)14(20)18(15)9-13(19)21-4-2/h3,5-6,8H,1,4,7,9H2,2H3. The van der Waals surface area contributed by atoms with Crippen LogP contribution in [0.25, 0.3) is 10.9 Å². The summed E-state index contributed by atoms with van der Waals surface area (Å²) >= 11 is 4.70. The summed E-state index contributed by atoms with van der Waals surface area (Å²) in [7, 11) is 0. The van der Waals surface area contributed by atoms with E-state index in [1.807, 2.05) is 6.07 Å². The van der Waals surface area contributed by atoms with Crippen LogP contribution >= 0.6 is 27.7 Å². The molecule has 0 bridgehead atoms. The summed E-state index contributed by atoms with van der Waals surface area (Å²) < 4.78 is 7.06. The monoisotopic (exact) mass is 382 g/mol. The largest absolute Gasteiger partial charge is 0.465 e. The molecule has 0 spiro atoms. The van der Waals surface area contributed by atoms with Crippen molar-refractivity contribution in [1.29, 1.82) is 0 Å². The second-order valence-corrected chi connectivity index (χ2v) is 6.25. The first kappa shape index (κ1) is 16.8. The molecule has 0 unspecified atom stereocenters. The van der Waals surface area contributed by atoms with E-state index in [2.05, 4.69) is 27.5 Å².